The van der Waals surface area contributed by atoms with Crippen molar-refractivity contribution in [3.05, 3.63) is 0 Å². The van der Waals surface area contributed by atoms with Crippen LogP contribution in [-0.2, 0) is 0 Å². The van der Waals surface area contributed by atoms with E-state index in [-0.39, 0.29) is 0 Å². The number of nitrogens with one attached hydrogen (secondary N) is 1. The first-order valence-electron chi connectivity index (χ1n) is 5.66. The molecule has 1 aliphatic rings. The SMILES string of the molecule is CC(C)C(N)CCNCCC1CC1. The summed E-state index contributed by atoms with van der Waals surface area (Å²) in [4.78, 5) is 0. The van der Waals surface area contributed by atoms with Crippen LogP contribution >= 0.6 is 0 Å². The highest BCUT2D eigenvalue weighted by molar-refractivity contribution is 4.74. The molecule has 0 aromatic carbocycles. The average molecular weight is 184 g/mol. The lowest BCUT2D eigenvalue weighted by Crippen LogP contribution is -2.31. The summed E-state index contributed by atoms with van der Waals surface area (Å²) in [5.74, 6) is 1.66. The summed E-state index contributed by atoms with van der Waals surface area (Å²) in [6.07, 6.45) is 5.42. The van der Waals surface area contributed by atoms with Gasteiger partial charge in [0.2, 0.25) is 0 Å². The fourth-order valence-corrected chi connectivity index (χ4v) is 1.44. The van der Waals surface area contributed by atoms with Crippen LogP contribution in [0.2, 0.25) is 0 Å². The minimum Gasteiger partial charge on any atom is -0.327 e. The van der Waals surface area contributed by atoms with Crippen molar-refractivity contribution in [3.8, 4) is 0 Å². The zero-order chi connectivity index (χ0) is 9.68. The lowest BCUT2D eigenvalue weighted by Gasteiger charge is -2.15. The lowest BCUT2D eigenvalue weighted by molar-refractivity contribution is 0.447. The molecule has 1 unspecified atom stereocenters. The summed E-state index contributed by atoms with van der Waals surface area (Å²) in [6.45, 7) is 6.66. The molecular weight excluding hydrogens is 160 g/mol. The standard InChI is InChI=1S/C11H24N2/c1-9(2)11(12)6-8-13-7-5-10-3-4-10/h9-11,13H,3-8,12H2,1-2H3. The zero-order valence-corrected chi connectivity index (χ0v) is 9.05. The molecule has 1 atom stereocenters. The van der Waals surface area contributed by atoms with E-state index in [9.17, 15) is 0 Å². The normalized spacial score (nSPS) is 19.4. The minimum atomic E-state index is 0.369. The lowest BCUT2D eigenvalue weighted by atomic mass is 10.0. The van der Waals surface area contributed by atoms with Crippen molar-refractivity contribution in [1.29, 1.82) is 0 Å². The third-order valence-corrected chi connectivity index (χ3v) is 2.94. The summed E-state index contributed by atoms with van der Waals surface area (Å²) < 4.78 is 0. The highest BCUT2D eigenvalue weighted by Crippen LogP contribution is 2.31. The largest absolute Gasteiger partial charge is 0.327 e. The molecule has 3 N–H and O–H groups in total. The molecule has 0 heterocycles. The molecule has 1 aliphatic carbocycles. The van der Waals surface area contributed by atoms with Crippen molar-refractivity contribution < 1.29 is 0 Å². The van der Waals surface area contributed by atoms with Gasteiger partial charge in [-0.05, 0) is 37.8 Å². The van der Waals surface area contributed by atoms with Crippen molar-refractivity contribution in [2.45, 2.75) is 45.6 Å². The van der Waals surface area contributed by atoms with Crippen LogP contribution in [0, 0.1) is 11.8 Å². The van der Waals surface area contributed by atoms with Crippen molar-refractivity contribution in [2.24, 2.45) is 17.6 Å². The van der Waals surface area contributed by atoms with E-state index >= 15 is 0 Å². The Labute approximate surface area is 82.3 Å². The summed E-state index contributed by atoms with van der Waals surface area (Å²) in [5.41, 5.74) is 5.93. The summed E-state index contributed by atoms with van der Waals surface area (Å²) >= 11 is 0. The molecule has 13 heavy (non-hydrogen) atoms. The molecule has 0 aliphatic heterocycles. The molecule has 0 aromatic heterocycles. The fourth-order valence-electron chi connectivity index (χ4n) is 1.44. The average Bonchev–Trinajstić information content (AvgIpc) is 2.87. The van der Waals surface area contributed by atoms with Gasteiger partial charge in [-0.3, -0.25) is 0 Å². The smallest absolute Gasteiger partial charge is 0.00739 e. The second kappa shape index (κ2) is 5.61. The van der Waals surface area contributed by atoms with E-state index in [1.165, 1.54) is 25.8 Å². The molecule has 2 nitrogen and oxygen atoms in total. The van der Waals surface area contributed by atoms with Gasteiger partial charge in [-0.2, -0.15) is 0 Å². The molecule has 1 fully saturated rings. The van der Waals surface area contributed by atoms with E-state index in [1.54, 1.807) is 0 Å². The van der Waals surface area contributed by atoms with Gasteiger partial charge < -0.3 is 11.1 Å². The van der Waals surface area contributed by atoms with E-state index in [0.717, 1.165) is 18.9 Å². The number of nitrogens with two attached hydrogens (primary N) is 1. The summed E-state index contributed by atoms with van der Waals surface area (Å²) in [5, 5.41) is 3.46. The quantitative estimate of drug-likeness (QED) is 0.592. The van der Waals surface area contributed by atoms with Crippen LogP contribution in [0.4, 0.5) is 0 Å². The maximum atomic E-state index is 5.93. The molecule has 0 spiro atoms. The minimum absolute atomic E-state index is 0.369. The number of rotatable bonds is 7. The molecule has 0 aromatic rings. The first-order valence-corrected chi connectivity index (χ1v) is 5.66. The van der Waals surface area contributed by atoms with Crippen molar-refractivity contribution in [1.82, 2.24) is 5.32 Å². The number of hydrogen-bond acceptors (Lipinski definition) is 2. The second-order valence-electron chi connectivity index (χ2n) is 4.68. The number of hydrogen-bond donors (Lipinski definition) is 2. The van der Waals surface area contributed by atoms with Gasteiger partial charge in [-0.1, -0.05) is 26.7 Å². The fraction of sp³-hybridized carbons (Fsp3) is 1.00. The first-order chi connectivity index (χ1) is 6.20. The Morgan fingerprint density at radius 1 is 1.31 bits per heavy atom. The maximum absolute atomic E-state index is 5.93. The van der Waals surface area contributed by atoms with Crippen LogP contribution in [0.25, 0.3) is 0 Å². The zero-order valence-electron chi connectivity index (χ0n) is 9.05. The third kappa shape index (κ3) is 5.27. The topological polar surface area (TPSA) is 38.0 Å². The Morgan fingerprint density at radius 3 is 2.54 bits per heavy atom. The Morgan fingerprint density at radius 2 is 2.00 bits per heavy atom. The third-order valence-electron chi connectivity index (χ3n) is 2.94. The molecular formula is C11H24N2. The molecule has 2 heteroatoms. The van der Waals surface area contributed by atoms with Gasteiger partial charge in [0.15, 0.2) is 0 Å². The molecule has 0 saturated heterocycles. The molecule has 78 valence electrons. The van der Waals surface area contributed by atoms with Gasteiger partial charge in [-0.15, -0.1) is 0 Å². The maximum Gasteiger partial charge on any atom is 0.00739 e. The van der Waals surface area contributed by atoms with Crippen LogP contribution in [0.5, 0.6) is 0 Å². The van der Waals surface area contributed by atoms with Crippen molar-refractivity contribution in [2.75, 3.05) is 13.1 Å². The summed E-state index contributed by atoms with van der Waals surface area (Å²) in [6, 6.07) is 0.369. The summed E-state index contributed by atoms with van der Waals surface area (Å²) in [7, 11) is 0. The van der Waals surface area contributed by atoms with Gasteiger partial charge in [0.05, 0.1) is 0 Å². The second-order valence-corrected chi connectivity index (χ2v) is 4.68. The molecule has 0 radical (unpaired) electrons. The van der Waals surface area contributed by atoms with E-state index in [4.69, 9.17) is 5.73 Å². The van der Waals surface area contributed by atoms with Crippen molar-refractivity contribution in [3.63, 3.8) is 0 Å². The van der Waals surface area contributed by atoms with Gasteiger partial charge in [-0.25, -0.2) is 0 Å². The molecule has 1 rings (SSSR count). The van der Waals surface area contributed by atoms with Crippen molar-refractivity contribution >= 4 is 0 Å². The Bertz CT molecular complexity index is 130. The predicted octanol–water partition coefficient (Wildman–Crippen LogP) is 1.75. The van der Waals surface area contributed by atoms with E-state index in [0.29, 0.717) is 12.0 Å². The van der Waals surface area contributed by atoms with Crippen LogP contribution in [0.15, 0.2) is 0 Å². The predicted molar refractivity (Wildman–Crippen MR) is 57.6 cm³/mol. The van der Waals surface area contributed by atoms with Crippen LogP contribution in [0.1, 0.15) is 39.5 Å². The Hall–Kier alpha value is -0.0800. The molecule has 0 bridgehead atoms. The van der Waals surface area contributed by atoms with Crippen LogP contribution in [0.3, 0.4) is 0 Å². The Balaban J connectivity index is 1.82. The molecule has 0 amide bonds. The van der Waals surface area contributed by atoms with E-state index in [2.05, 4.69) is 19.2 Å². The van der Waals surface area contributed by atoms with Gasteiger partial charge in [0.25, 0.3) is 0 Å². The Kier molecular flexibility index (Phi) is 4.74. The van der Waals surface area contributed by atoms with E-state index < -0.39 is 0 Å². The van der Waals surface area contributed by atoms with Gasteiger partial charge in [0, 0.05) is 6.04 Å². The first kappa shape index (κ1) is 11.0. The van der Waals surface area contributed by atoms with Crippen LogP contribution < -0.4 is 11.1 Å². The van der Waals surface area contributed by atoms with Crippen LogP contribution in [-0.4, -0.2) is 19.1 Å². The van der Waals surface area contributed by atoms with E-state index in [1.807, 2.05) is 0 Å². The highest BCUT2D eigenvalue weighted by atomic mass is 14.9. The van der Waals surface area contributed by atoms with Gasteiger partial charge in [0.1, 0.15) is 0 Å². The van der Waals surface area contributed by atoms with Gasteiger partial charge >= 0.3 is 0 Å². The highest BCUT2D eigenvalue weighted by Gasteiger charge is 2.19. The monoisotopic (exact) mass is 184 g/mol. The molecule has 1 saturated carbocycles.